The van der Waals surface area contributed by atoms with Crippen LogP contribution < -0.4 is 0 Å². The number of hydrogen-bond acceptors (Lipinski definition) is 1. The third-order valence-electron chi connectivity index (χ3n) is 3.50. The van der Waals surface area contributed by atoms with Gasteiger partial charge in [-0.05, 0) is 42.7 Å². The van der Waals surface area contributed by atoms with Gasteiger partial charge in [0.2, 0.25) is 0 Å². The van der Waals surface area contributed by atoms with Gasteiger partial charge < -0.3 is 5.11 Å². The van der Waals surface area contributed by atoms with E-state index in [0.29, 0.717) is 5.92 Å². The second-order valence-corrected chi connectivity index (χ2v) is 4.58. The summed E-state index contributed by atoms with van der Waals surface area (Å²) in [6, 6.07) is 8.36. The lowest BCUT2D eigenvalue weighted by molar-refractivity contribution is 0.0993. The molecule has 1 nitrogen and oxygen atoms in total. The van der Waals surface area contributed by atoms with Crippen molar-refractivity contribution in [2.24, 2.45) is 5.92 Å². The molecule has 0 radical (unpaired) electrons. The summed E-state index contributed by atoms with van der Waals surface area (Å²) >= 11 is 0. The maximum atomic E-state index is 10.3. The van der Waals surface area contributed by atoms with Crippen molar-refractivity contribution in [3.63, 3.8) is 0 Å². The minimum atomic E-state index is -0.233. The topological polar surface area (TPSA) is 20.2 Å². The Bertz CT molecular complexity index is 319. The Morgan fingerprint density at radius 3 is 2.93 bits per heavy atom. The summed E-state index contributed by atoms with van der Waals surface area (Å²) in [5, 5.41) is 10.3. The van der Waals surface area contributed by atoms with E-state index in [9.17, 15) is 5.11 Å². The predicted octanol–water partition coefficient (Wildman–Crippen LogP) is 3.47. The largest absolute Gasteiger partial charge is 0.388 e. The molecule has 82 valence electrons. The Labute approximate surface area is 92.1 Å². The van der Waals surface area contributed by atoms with Crippen LogP contribution in [0.3, 0.4) is 0 Å². The van der Waals surface area contributed by atoms with E-state index in [1.165, 1.54) is 30.4 Å². The Balaban J connectivity index is 2.26. The van der Waals surface area contributed by atoms with Gasteiger partial charge in [0, 0.05) is 0 Å². The molecule has 0 aliphatic heterocycles. The first kappa shape index (κ1) is 10.7. The fraction of sp³-hybridized carbons (Fsp3) is 0.571. The van der Waals surface area contributed by atoms with Crippen LogP contribution in [0.25, 0.3) is 0 Å². The summed E-state index contributed by atoms with van der Waals surface area (Å²) in [5.74, 6) is 0.471. The van der Waals surface area contributed by atoms with Gasteiger partial charge in [-0.3, -0.25) is 0 Å². The maximum absolute atomic E-state index is 10.3. The molecule has 2 atom stereocenters. The minimum absolute atomic E-state index is 0.233. The average molecular weight is 204 g/mol. The molecule has 0 heterocycles. The third kappa shape index (κ3) is 2.23. The van der Waals surface area contributed by atoms with E-state index in [2.05, 4.69) is 25.1 Å². The van der Waals surface area contributed by atoms with E-state index >= 15 is 0 Å². The van der Waals surface area contributed by atoms with Crippen molar-refractivity contribution in [2.45, 2.75) is 45.1 Å². The van der Waals surface area contributed by atoms with Crippen LogP contribution in [-0.4, -0.2) is 5.11 Å². The van der Waals surface area contributed by atoms with E-state index in [1.54, 1.807) is 0 Å². The minimum Gasteiger partial charge on any atom is -0.388 e. The van der Waals surface area contributed by atoms with Gasteiger partial charge in [-0.2, -0.15) is 0 Å². The Hall–Kier alpha value is -0.820. The number of rotatable bonds is 2. The summed E-state index contributed by atoms with van der Waals surface area (Å²) in [7, 11) is 0. The Kier molecular flexibility index (Phi) is 3.42. The molecular formula is C14H20O. The first-order valence-corrected chi connectivity index (χ1v) is 6.08. The molecule has 0 spiro atoms. The summed E-state index contributed by atoms with van der Waals surface area (Å²) in [4.78, 5) is 0. The number of aliphatic hydroxyl groups is 1. The Morgan fingerprint density at radius 2 is 2.13 bits per heavy atom. The van der Waals surface area contributed by atoms with Crippen LogP contribution >= 0.6 is 0 Å². The lowest BCUT2D eigenvalue weighted by atomic mass is 9.90. The zero-order valence-electron chi connectivity index (χ0n) is 9.45. The van der Waals surface area contributed by atoms with Crippen molar-refractivity contribution in [3.05, 3.63) is 35.4 Å². The predicted molar refractivity (Wildman–Crippen MR) is 62.7 cm³/mol. The second-order valence-electron chi connectivity index (χ2n) is 4.58. The number of benzene rings is 1. The van der Waals surface area contributed by atoms with Crippen LogP contribution in [0.1, 0.15) is 49.8 Å². The van der Waals surface area contributed by atoms with Gasteiger partial charge in [0.25, 0.3) is 0 Å². The summed E-state index contributed by atoms with van der Waals surface area (Å²) in [6.45, 7) is 2.20. The molecule has 0 fully saturated rings. The van der Waals surface area contributed by atoms with E-state index in [4.69, 9.17) is 0 Å². The van der Waals surface area contributed by atoms with Crippen LogP contribution in [-0.2, 0) is 6.42 Å². The zero-order chi connectivity index (χ0) is 10.7. The fourth-order valence-corrected chi connectivity index (χ4v) is 2.69. The van der Waals surface area contributed by atoms with Crippen LogP contribution in [0.2, 0.25) is 0 Å². The van der Waals surface area contributed by atoms with Crippen molar-refractivity contribution >= 4 is 0 Å². The van der Waals surface area contributed by atoms with Gasteiger partial charge in [-0.25, -0.2) is 0 Å². The van der Waals surface area contributed by atoms with E-state index in [1.807, 2.05) is 6.07 Å². The van der Waals surface area contributed by atoms with Crippen molar-refractivity contribution in [1.82, 2.24) is 0 Å². The van der Waals surface area contributed by atoms with Crippen LogP contribution in [0.15, 0.2) is 24.3 Å². The standard InChI is InChI=1S/C14H20O/c1-2-6-12-9-5-8-11-7-3-4-10-13(11)14(12)15/h3-4,7,10,12,14-15H,2,5-6,8-9H2,1H3. The van der Waals surface area contributed by atoms with Gasteiger partial charge >= 0.3 is 0 Å². The second kappa shape index (κ2) is 4.80. The quantitative estimate of drug-likeness (QED) is 0.731. The highest BCUT2D eigenvalue weighted by atomic mass is 16.3. The maximum Gasteiger partial charge on any atom is 0.0820 e. The molecule has 0 saturated carbocycles. The summed E-state index contributed by atoms with van der Waals surface area (Å²) < 4.78 is 0. The van der Waals surface area contributed by atoms with Crippen molar-refractivity contribution in [3.8, 4) is 0 Å². The highest BCUT2D eigenvalue weighted by molar-refractivity contribution is 5.30. The van der Waals surface area contributed by atoms with Crippen LogP contribution in [0.4, 0.5) is 0 Å². The van der Waals surface area contributed by atoms with Gasteiger partial charge in [0.15, 0.2) is 0 Å². The summed E-state index contributed by atoms with van der Waals surface area (Å²) in [5.41, 5.74) is 2.53. The van der Waals surface area contributed by atoms with E-state index < -0.39 is 0 Å². The molecule has 1 heteroatoms. The molecule has 0 bridgehead atoms. The number of aryl methyl sites for hydroxylation is 1. The number of aliphatic hydroxyl groups excluding tert-OH is 1. The molecular weight excluding hydrogens is 184 g/mol. The molecule has 0 saturated heterocycles. The highest BCUT2D eigenvalue weighted by Gasteiger charge is 2.24. The molecule has 1 aromatic carbocycles. The summed E-state index contributed by atoms with van der Waals surface area (Å²) in [6.07, 6.45) is 5.61. The normalized spacial score (nSPS) is 25.7. The van der Waals surface area contributed by atoms with Crippen LogP contribution in [0.5, 0.6) is 0 Å². The van der Waals surface area contributed by atoms with Crippen molar-refractivity contribution in [1.29, 1.82) is 0 Å². The number of hydrogen-bond donors (Lipinski definition) is 1. The van der Waals surface area contributed by atoms with Crippen molar-refractivity contribution in [2.75, 3.05) is 0 Å². The van der Waals surface area contributed by atoms with Gasteiger partial charge in [0.1, 0.15) is 0 Å². The van der Waals surface area contributed by atoms with Gasteiger partial charge in [-0.1, -0.05) is 37.6 Å². The highest BCUT2D eigenvalue weighted by Crippen LogP contribution is 2.35. The molecule has 2 rings (SSSR count). The fourth-order valence-electron chi connectivity index (χ4n) is 2.69. The molecule has 15 heavy (non-hydrogen) atoms. The molecule has 1 N–H and O–H groups in total. The molecule has 1 aromatic rings. The van der Waals surface area contributed by atoms with E-state index in [0.717, 1.165) is 12.8 Å². The number of fused-ring (bicyclic) bond motifs is 1. The first-order chi connectivity index (χ1) is 7.33. The first-order valence-electron chi connectivity index (χ1n) is 6.08. The molecule has 1 aliphatic rings. The van der Waals surface area contributed by atoms with Crippen LogP contribution in [0, 0.1) is 5.92 Å². The lowest BCUT2D eigenvalue weighted by Gasteiger charge is -2.21. The van der Waals surface area contributed by atoms with Gasteiger partial charge in [-0.15, -0.1) is 0 Å². The molecule has 2 unspecified atom stereocenters. The molecule has 0 aromatic heterocycles. The zero-order valence-corrected chi connectivity index (χ0v) is 9.45. The third-order valence-corrected chi connectivity index (χ3v) is 3.50. The van der Waals surface area contributed by atoms with Gasteiger partial charge in [0.05, 0.1) is 6.10 Å². The SMILES string of the molecule is CCCC1CCCc2ccccc2C1O. The molecule has 1 aliphatic carbocycles. The van der Waals surface area contributed by atoms with Crippen molar-refractivity contribution < 1.29 is 5.11 Å². The Morgan fingerprint density at radius 1 is 1.33 bits per heavy atom. The smallest absolute Gasteiger partial charge is 0.0820 e. The molecule has 0 amide bonds. The van der Waals surface area contributed by atoms with E-state index in [-0.39, 0.29) is 6.10 Å². The lowest BCUT2D eigenvalue weighted by Crippen LogP contribution is -2.11. The average Bonchev–Trinajstić information content (AvgIpc) is 2.41. The monoisotopic (exact) mass is 204 g/mol.